The summed E-state index contributed by atoms with van der Waals surface area (Å²) in [6, 6.07) is 0.535. The summed E-state index contributed by atoms with van der Waals surface area (Å²) in [5.74, 6) is 0.956. The summed E-state index contributed by atoms with van der Waals surface area (Å²) in [6.45, 7) is 16.4. The number of thiazole rings is 1. The quantitative estimate of drug-likeness (QED) is 0.521. The molecule has 1 fully saturated rings. The van der Waals surface area contributed by atoms with Crippen LogP contribution in [-0.4, -0.2) is 54.6 Å². The van der Waals surface area contributed by atoms with Crippen LogP contribution < -0.4 is 10.6 Å². The highest BCUT2D eigenvalue weighted by atomic mass is 32.1. The molecule has 1 aromatic rings. The third-order valence-electron chi connectivity index (χ3n) is 5.02. The predicted molar refractivity (Wildman–Crippen MR) is 118 cm³/mol. The van der Waals surface area contributed by atoms with Crippen molar-refractivity contribution in [3.8, 4) is 0 Å². The Morgan fingerprint density at radius 3 is 2.63 bits per heavy atom. The Morgan fingerprint density at radius 2 is 2.04 bits per heavy atom. The summed E-state index contributed by atoms with van der Waals surface area (Å²) in [7, 11) is 0. The highest BCUT2D eigenvalue weighted by Gasteiger charge is 2.20. The molecule has 0 amide bonds. The fourth-order valence-electron chi connectivity index (χ4n) is 3.23. The SMILES string of the molecule is CCCCN1CCC(NC(=NCCc2nc(C(C)(C)C)cs2)NCC)CC1. The van der Waals surface area contributed by atoms with Gasteiger partial charge in [-0.15, -0.1) is 11.3 Å². The highest BCUT2D eigenvalue weighted by molar-refractivity contribution is 7.09. The maximum atomic E-state index is 4.79. The minimum absolute atomic E-state index is 0.125. The second-order valence-electron chi connectivity index (χ2n) is 8.50. The van der Waals surface area contributed by atoms with E-state index in [0.717, 1.165) is 25.5 Å². The van der Waals surface area contributed by atoms with Crippen molar-refractivity contribution in [2.75, 3.05) is 32.7 Å². The van der Waals surface area contributed by atoms with Gasteiger partial charge in [0.1, 0.15) is 0 Å². The zero-order valence-electron chi connectivity index (χ0n) is 18.0. The molecule has 6 heteroatoms. The first-order chi connectivity index (χ1) is 12.9. The molecule has 1 aliphatic heterocycles. The Balaban J connectivity index is 1.79. The van der Waals surface area contributed by atoms with Gasteiger partial charge in [-0.2, -0.15) is 0 Å². The van der Waals surface area contributed by atoms with Gasteiger partial charge in [-0.25, -0.2) is 4.98 Å². The maximum Gasteiger partial charge on any atom is 0.191 e. The molecule has 154 valence electrons. The summed E-state index contributed by atoms with van der Waals surface area (Å²) < 4.78 is 0. The molecule has 0 aliphatic carbocycles. The summed E-state index contributed by atoms with van der Waals surface area (Å²) in [5.41, 5.74) is 1.31. The van der Waals surface area contributed by atoms with Gasteiger partial charge in [-0.1, -0.05) is 34.1 Å². The molecule has 5 nitrogen and oxygen atoms in total. The van der Waals surface area contributed by atoms with Crippen molar-refractivity contribution < 1.29 is 0 Å². The second kappa shape index (κ2) is 11.0. The van der Waals surface area contributed by atoms with Crippen LogP contribution in [-0.2, 0) is 11.8 Å². The van der Waals surface area contributed by atoms with Crippen LogP contribution in [0.25, 0.3) is 0 Å². The number of nitrogens with one attached hydrogen (secondary N) is 2. The lowest BCUT2D eigenvalue weighted by Crippen LogP contribution is -2.48. The number of aliphatic imine (C=N–C) groups is 1. The molecule has 2 N–H and O–H groups in total. The molecule has 0 atom stereocenters. The molecule has 1 aromatic heterocycles. The molecule has 0 unspecified atom stereocenters. The van der Waals surface area contributed by atoms with E-state index in [2.05, 4.69) is 55.5 Å². The van der Waals surface area contributed by atoms with Gasteiger partial charge >= 0.3 is 0 Å². The minimum atomic E-state index is 0.125. The van der Waals surface area contributed by atoms with Gasteiger partial charge in [0.25, 0.3) is 0 Å². The van der Waals surface area contributed by atoms with Crippen molar-refractivity contribution in [3.63, 3.8) is 0 Å². The number of aromatic nitrogens is 1. The van der Waals surface area contributed by atoms with Crippen LogP contribution in [0, 0.1) is 0 Å². The Hall–Kier alpha value is -1.14. The molecule has 1 saturated heterocycles. The van der Waals surface area contributed by atoms with Crippen molar-refractivity contribution in [2.24, 2.45) is 4.99 Å². The summed E-state index contributed by atoms with van der Waals surface area (Å²) in [5, 5.41) is 10.4. The molecule has 27 heavy (non-hydrogen) atoms. The Bertz CT molecular complexity index is 567. The van der Waals surface area contributed by atoms with Crippen molar-refractivity contribution in [3.05, 3.63) is 16.1 Å². The number of rotatable bonds is 8. The molecule has 2 rings (SSSR count). The average Bonchev–Trinajstić information content (AvgIpc) is 3.11. The number of piperidine rings is 1. The molecular formula is C21H39N5S. The maximum absolute atomic E-state index is 4.79. The fraction of sp³-hybridized carbons (Fsp3) is 0.810. The van der Waals surface area contributed by atoms with Crippen LogP contribution in [0.3, 0.4) is 0 Å². The Labute approximate surface area is 170 Å². The Kier molecular flexibility index (Phi) is 9.03. The first-order valence-corrected chi connectivity index (χ1v) is 11.5. The van der Waals surface area contributed by atoms with Crippen LogP contribution in [0.1, 0.15) is 71.0 Å². The second-order valence-corrected chi connectivity index (χ2v) is 9.44. The van der Waals surface area contributed by atoms with Gasteiger partial charge in [-0.3, -0.25) is 4.99 Å². The van der Waals surface area contributed by atoms with Crippen molar-refractivity contribution in [2.45, 2.75) is 78.2 Å². The van der Waals surface area contributed by atoms with Gasteiger partial charge in [0.15, 0.2) is 5.96 Å². The van der Waals surface area contributed by atoms with E-state index in [1.165, 1.54) is 56.0 Å². The number of hydrogen-bond donors (Lipinski definition) is 2. The molecule has 0 saturated carbocycles. The van der Waals surface area contributed by atoms with Gasteiger partial charge < -0.3 is 15.5 Å². The van der Waals surface area contributed by atoms with E-state index in [4.69, 9.17) is 9.98 Å². The van der Waals surface area contributed by atoms with E-state index in [-0.39, 0.29) is 5.41 Å². The molecular weight excluding hydrogens is 354 g/mol. The van der Waals surface area contributed by atoms with Crippen LogP contribution in [0.2, 0.25) is 0 Å². The van der Waals surface area contributed by atoms with Crippen molar-refractivity contribution in [1.29, 1.82) is 0 Å². The molecule has 2 heterocycles. The minimum Gasteiger partial charge on any atom is -0.357 e. The lowest BCUT2D eigenvalue weighted by Gasteiger charge is -2.33. The van der Waals surface area contributed by atoms with Crippen LogP contribution in [0.15, 0.2) is 10.4 Å². The van der Waals surface area contributed by atoms with Crippen molar-refractivity contribution >= 4 is 17.3 Å². The standard InChI is InChI=1S/C21H39N5S/c1-6-8-13-26-14-10-17(11-15-26)24-20(22-7-2)23-12-9-19-25-18(16-27-19)21(3,4)5/h16-17H,6-15H2,1-5H3,(H2,22,23,24). The lowest BCUT2D eigenvalue weighted by atomic mass is 9.93. The number of unbranched alkanes of at least 4 members (excludes halogenated alkanes) is 1. The fourth-order valence-corrected chi connectivity index (χ4v) is 4.24. The first kappa shape index (κ1) is 22.2. The number of nitrogens with zero attached hydrogens (tertiary/aromatic N) is 3. The van der Waals surface area contributed by atoms with E-state index in [1.807, 2.05) is 0 Å². The number of hydrogen-bond acceptors (Lipinski definition) is 4. The van der Waals surface area contributed by atoms with Gasteiger partial charge in [0.05, 0.1) is 10.7 Å². The average molecular weight is 394 g/mol. The van der Waals surface area contributed by atoms with Gasteiger partial charge in [0.2, 0.25) is 0 Å². The summed E-state index contributed by atoms with van der Waals surface area (Å²) in [4.78, 5) is 12.2. The molecule has 0 radical (unpaired) electrons. The summed E-state index contributed by atoms with van der Waals surface area (Å²) in [6.07, 6.45) is 5.92. The topological polar surface area (TPSA) is 52.5 Å². The number of likely N-dealkylation sites (tertiary alicyclic amines) is 1. The zero-order valence-corrected chi connectivity index (χ0v) is 18.8. The largest absolute Gasteiger partial charge is 0.357 e. The third-order valence-corrected chi connectivity index (χ3v) is 5.92. The molecule has 1 aliphatic rings. The monoisotopic (exact) mass is 393 g/mol. The predicted octanol–water partition coefficient (Wildman–Crippen LogP) is 3.80. The van der Waals surface area contributed by atoms with E-state index < -0.39 is 0 Å². The van der Waals surface area contributed by atoms with E-state index in [0.29, 0.717) is 6.04 Å². The van der Waals surface area contributed by atoms with Crippen LogP contribution >= 0.6 is 11.3 Å². The first-order valence-electron chi connectivity index (χ1n) is 10.6. The van der Waals surface area contributed by atoms with E-state index in [9.17, 15) is 0 Å². The Morgan fingerprint density at radius 1 is 1.30 bits per heavy atom. The zero-order chi connectivity index (χ0) is 19.7. The molecule has 0 aromatic carbocycles. The highest BCUT2D eigenvalue weighted by Crippen LogP contribution is 2.24. The van der Waals surface area contributed by atoms with Gasteiger partial charge in [-0.05, 0) is 32.7 Å². The number of guanidine groups is 1. The third kappa shape index (κ3) is 7.78. The van der Waals surface area contributed by atoms with Crippen LogP contribution in [0.4, 0.5) is 0 Å². The normalized spacial score (nSPS) is 17.3. The van der Waals surface area contributed by atoms with E-state index >= 15 is 0 Å². The smallest absolute Gasteiger partial charge is 0.191 e. The lowest BCUT2D eigenvalue weighted by molar-refractivity contribution is 0.203. The van der Waals surface area contributed by atoms with Gasteiger partial charge in [0, 0.05) is 49.4 Å². The van der Waals surface area contributed by atoms with E-state index in [1.54, 1.807) is 11.3 Å². The molecule has 0 bridgehead atoms. The van der Waals surface area contributed by atoms with Crippen molar-refractivity contribution in [1.82, 2.24) is 20.5 Å². The van der Waals surface area contributed by atoms with Crippen LogP contribution in [0.5, 0.6) is 0 Å². The molecule has 0 spiro atoms. The summed E-state index contributed by atoms with van der Waals surface area (Å²) >= 11 is 1.76.